The third kappa shape index (κ3) is 5.06. The minimum Gasteiger partial charge on any atom is -0.448 e. The first-order valence-electron chi connectivity index (χ1n) is 7.67. The Balaban J connectivity index is 2.07. The number of rotatable bonds is 6. The van der Waals surface area contributed by atoms with Gasteiger partial charge in [0.1, 0.15) is 18.8 Å². The van der Waals surface area contributed by atoms with Crippen molar-refractivity contribution in [3.63, 3.8) is 0 Å². The molecule has 1 fully saturated rings. The number of amides is 1. The Hall–Kier alpha value is -0.890. The molecule has 1 amide bonds. The molecule has 1 aliphatic heterocycles. The van der Waals surface area contributed by atoms with Gasteiger partial charge in [-0.2, -0.15) is 16.7 Å². The number of anilines is 1. The van der Waals surface area contributed by atoms with E-state index in [0.29, 0.717) is 9.32 Å². The number of nitrogens with one attached hydrogen (secondary N) is 1. The van der Waals surface area contributed by atoms with Gasteiger partial charge < -0.3 is 19.7 Å². The van der Waals surface area contributed by atoms with E-state index in [2.05, 4.69) is 10.3 Å². The quantitative estimate of drug-likeness (QED) is 0.400. The standard InChI is InChI=1S/C14H20IN3O6S/c1-3-25-5-4-23-14(22)17-11-8(15)6-18(13(21)16-11)12-10(20)9(19)7(2)24-12/h6-7,9-10,12,19-20H,3-5H2,1-2H3,(H,16,17,21,22)/t7-,9-,10-,12-/m1/s1. The van der Waals surface area contributed by atoms with E-state index < -0.39 is 36.3 Å². The van der Waals surface area contributed by atoms with Gasteiger partial charge in [-0.25, -0.2) is 9.59 Å². The van der Waals surface area contributed by atoms with Gasteiger partial charge in [0, 0.05) is 11.9 Å². The number of aliphatic hydroxyl groups excluding tert-OH is 2. The molecular formula is C14H20IN3O6S. The van der Waals surface area contributed by atoms with Crippen molar-refractivity contribution >= 4 is 46.3 Å². The lowest BCUT2D eigenvalue weighted by Crippen LogP contribution is -2.36. The van der Waals surface area contributed by atoms with E-state index >= 15 is 0 Å². The first-order valence-corrected chi connectivity index (χ1v) is 9.90. The van der Waals surface area contributed by atoms with Gasteiger partial charge in [0.2, 0.25) is 0 Å². The van der Waals surface area contributed by atoms with Gasteiger partial charge in [-0.1, -0.05) is 6.92 Å². The van der Waals surface area contributed by atoms with Crippen LogP contribution in [0, 0.1) is 3.57 Å². The van der Waals surface area contributed by atoms with E-state index in [9.17, 15) is 19.8 Å². The van der Waals surface area contributed by atoms with E-state index in [1.54, 1.807) is 18.7 Å². The van der Waals surface area contributed by atoms with Gasteiger partial charge >= 0.3 is 11.8 Å². The summed E-state index contributed by atoms with van der Waals surface area (Å²) in [7, 11) is 0. The summed E-state index contributed by atoms with van der Waals surface area (Å²) < 4.78 is 12.0. The summed E-state index contributed by atoms with van der Waals surface area (Å²) in [6.45, 7) is 3.87. The van der Waals surface area contributed by atoms with Crippen LogP contribution in [0.5, 0.6) is 0 Å². The molecule has 25 heavy (non-hydrogen) atoms. The lowest BCUT2D eigenvalue weighted by molar-refractivity contribution is -0.0351. The average Bonchev–Trinajstić information content (AvgIpc) is 2.82. The van der Waals surface area contributed by atoms with Crippen molar-refractivity contribution in [3.05, 3.63) is 20.3 Å². The second-order valence-corrected chi connectivity index (χ2v) is 7.85. The smallest absolute Gasteiger partial charge is 0.412 e. The van der Waals surface area contributed by atoms with Crippen molar-refractivity contribution < 1.29 is 24.5 Å². The number of thioether (sulfide) groups is 1. The number of carbonyl (C=O) groups excluding carboxylic acids is 1. The van der Waals surface area contributed by atoms with Crippen LogP contribution >= 0.6 is 34.4 Å². The van der Waals surface area contributed by atoms with Crippen LogP contribution in [0.15, 0.2) is 11.0 Å². The molecule has 0 aromatic carbocycles. The first kappa shape index (κ1) is 20.4. The van der Waals surface area contributed by atoms with Crippen molar-refractivity contribution in [2.45, 2.75) is 38.4 Å². The van der Waals surface area contributed by atoms with E-state index in [4.69, 9.17) is 9.47 Å². The van der Waals surface area contributed by atoms with Crippen molar-refractivity contribution in [2.24, 2.45) is 0 Å². The molecule has 0 radical (unpaired) electrons. The zero-order valence-electron chi connectivity index (χ0n) is 13.7. The fourth-order valence-electron chi connectivity index (χ4n) is 2.24. The number of carbonyl (C=O) groups is 1. The van der Waals surface area contributed by atoms with Crippen molar-refractivity contribution in [1.82, 2.24) is 9.55 Å². The highest BCUT2D eigenvalue weighted by Gasteiger charge is 2.42. The van der Waals surface area contributed by atoms with Gasteiger partial charge in [0.25, 0.3) is 0 Å². The summed E-state index contributed by atoms with van der Waals surface area (Å²) in [6.07, 6.45) is -3.28. The maximum Gasteiger partial charge on any atom is 0.412 e. The van der Waals surface area contributed by atoms with Crippen LogP contribution in [0.4, 0.5) is 10.6 Å². The monoisotopic (exact) mass is 485 g/mol. The molecule has 2 rings (SSSR count). The van der Waals surface area contributed by atoms with Crippen LogP contribution < -0.4 is 11.0 Å². The molecule has 11 heteroatoms. The first-order chi connectivity index (χ1) is 11.8. The lowest BCUT2D eigenvalue weighted by atomic mass is 10.1. The zero-order chi connectivity index (χ0) is 18.6. The Labute approximate surface area is 162 Å². The third-order valence-electron chi connectivity index (χ3n) is 3.54. The highest BCUT2D eigenvalue weighted by Crippen LogP contribution is 2.28. The fraction of sp³-hybridized carbons (Fsp3) is 0.643. The number of halogens is 1. The average molecular weight is 485 g/mol. The number of aliphatic hydroxyl groups is 2. The molecular weight excluding hydrogens is 465 g/mol. The Kier molecular flexibility index (Phi) is 7.49. The summed E-state index contributed by atoms with van der Waals surface area (Å²) in [5.41, 5.74) is -0.720. The number of hydrogen-bond donors (Lipinski definition) is 3. The number of hydrogen-bond acceptors (Lipinski definition) is 8. The molecule has 1 aromatic rings. The maximum atomic E-state index is 12.2. The van der Waals surface area contributed by atoms with Crippen LogP contribution in [0.3, 0.4) is 0 Å². The number of aromatic nitrogens is 2. The zero-order valence-corrected chi connectivity index (χ0v) is 16.7. The lowest BCUT2D eigenvalue weighted by Gasteiger charge is -2.18. The summed E-state index contributed by atoms with van der Waals surface area (Å²) in [5.74, 6) is 1.69. The van der Waals surface area contributed by atoms with Crippen molar-refractivity contribution in [1.29, 1.82) is 0 Å². The minimum absolute atomic E-state index is 0.0658. The molecule has 1 aliphatic rings. The van der Waals surface area contributed by atoms with Crippen LogP contribution in [-0.2, 0) is 9.47 Å². The molecule has 140 valence electrons. The van der Waals surface area contributed by atoms with Crippen molar-refractivity contribution in [3.8, 4) is 0 Å². The van der Waals surface area contributed by atoms with Gasteiger partial charge in [-0.15, -0.1) is 0 Å². The number of nitrogens with zero attached hydrogens (tertiary/aromatic N) is 2. The molecule has 3 N–H and O–H groups in total. The van der Waals surface area contributed by atoms with Crippen LogP contribution in [0.2, 0.25) is 0 Å². The summed E-state index contributed by atoms with van der Waals surface area (Å²) >= 11 is 3.54. The summed E-state index contributed by atoms with van der Waals surface area (Å²) in [6, 6.07) is 0. The van der Waals surface area contributed by atoms with E-state index in [0.717, 1.165) is 10.3 Å². The predicted molar refractivity (Wildman–Crippen MR) is 101 cm³/mol. The normalized spacial score (nSPS) is 25.8. The van der Waals surface area contributed by atoms with Gasteiger partial charge in [-0.3, -0.25) is 9.88 Å². The summed E-state index contributed by atoms with van der Waals surface area (Å²) in [4.78, 5) is 27.7. The number of ether oxygens (including phenoxy) is 2. The SMILES string of the molecule is CCSCCOC(=O)Nc1nc(=O)n([C@@H]2O[C@H](C)[C@@H](O)[C@H]2O)cc1I. The highest BCUT2D eigenvalue weighted by molar-refractivity contribution is 14.1. The molecule has 1 aromatic heterocycles. The van der Waals surface area contributed by atoms with Gasteiger partial charge in [0.15, 0.2) is 12.0 Å². The Morgan fingerprint density at radius 1 is 1.52 bits per heavy atom. The molecule has 4 atom stereocenters. The third-order valence-corrected chi connectivity index (χ3v) is 5.20. The molecule has 0 aliphatic carbocycles. The Morgan fingerprint density at radius 3 is 2.84 bits per heavy atom. The van der Waals surface area contributed by atoms with E-state index in [1.807, 2.05) is 29.5 Å². The maximum absolute atomic E-state index is 12.2. The van der Waals surface area contributed by atoms with E-state index in [-0.39, 0.29) is 12.4 Å². The highest BCUT2D eigenvalue weighted by atomic mass is 127. The largest absolute Gasteiger partial charge is 0.448 e. The second kappa shape index (κ2) is 9.16. The van der Waals surface area contributed by atoms with Crippen molar-refractivity contribution in [2.75, 3.05) is 23.4 Å². The van der Waals surface area contributed by atoms with Gasteiger partial charge in [-0.05, 0) is 35.3 Å². The molecule has 2 heterocycles. The topological polar surface area (TPSA) is 123 Å². The Bertz CT molecular complexity index is 672. The molecule has 0 spiro atoms. The van der Waals surface area contributed by atoms with Gasteiger partial charge in [0.05, 0.1) is 9.67 Å². The van der Waals surface area contributed by atoms with Crippen LogP contribution in [-0.4, -0.2) is 62.3 Å². The molecule has 0 bridgehead atoms. The molecule has 9 nitrogen and oxygen atoms in total. The van der Waals surface area contributed by atoms with Crippen LogP contribution in [0.25, 0.3) is 0 Å². The predicted octanol–water partition coefficient (Wildman–Crippen LogP) is 0.789. The molecule has 0 saturated carbocycles. The second-order valence-electron chi connectivity index (χ2n) is 5.30. The Morgan fingerprint density at radius 2 is 2.24 bits per heavy atom. The van der Waals surface area contributed by atoms with E-state index in [1.165, 1.54) is 6.20 Å². The molecule has 0 unspecified atom stereocenters. The summed E-state index contributed by atoms with van der Waals surface area (Å²) in [5, 5.41) is 22.2. The molecule has 1 saturated heterocycles. The fourth-order valence-corrected chi connectivity index (χ4v) is 3.29. The minimum atomic E-state index is -1.25. The van der Waals surface area contributed by atoms with Crippen LogP contribution in [0.1, 0.15) is 20.1 Å².